The number of ether oxygens (including phenoxy) is 6. The molecule has 7 rings (SSSR count). The minimum atomic E-state index is -1.06. The summed E-state index contributed by atoms with van der Waals surface area (Å²) < 4.78 is 97.7. The van der Waals surface area contributed by atoms with Crippen molar-refractivity contribution in [1.82, 2.24) is 0 Å². The highest BCUT2D eigenvalue weighted by atomic mass is 79.9. The lowest BCUT2D eigenvalue weighted by Gasteiger charge is -2.12. The van der Waals surface area contributed by atoms with E-state index in [1.165, 1.54) is 63.8 Å². The Bertz CT molecular complexity index is 2990. The quantitative estimate of drug-likeness (QED) is 0.0430. The lowest BCUT2D eigenvalue weighted by atomic mass is 10.2. The molecule has 0 aromatic heterocycles. The molecule has 0 saturated heterocycles. The van der Waals surface area contributed by atoms with Gasteiger partial charge in [0.25, 0.3) is 0 Å². The smallest absolute Gasteiger partial charge is 0.314 e. The van der Waals surface area contributed by atoms with Crippen molar-refractivity contribution in [2.24, 2.45) is 0 Å². The number of nitrogen functional groups attached to an aromatic ring is 1. The molecule has 0 amide bonds. The molecule has 0 aliphatic carbocycles. The molecule has 0 fully saturated rings. The lowest BCUT2D eigenvalue weighted by Crippen LogP contribution is -1.96. The number of nitrogens with zero attached hydrogens (tertiary/aromatic N) is 2. The molecule has 0 aliphatic heterocycles. The van der Waals surface area contributed by atoms with Crippen molar-refractivity contribution in [3.05, 3.63) is 190 Å². The molecule has 0 bridgehead atoms. The van der Waals surface area contributed by atoms with Gasteiger partial charge in [-0.2, -0.15) is 4.39 Å². The van der Waals surface area contributed by atoms with Crippen LogP contribution in [0, 0.1) is 49.3 Å². The van der Waals surface area contributed by atoms with E-state index >= 15 is 0 Å². The van der Waals surface area contributed by atoms with E-state index in [1.807, 2.05) is 0 Å². The predicted molar refractivity (Wildman–Crippen MR) is 273 cm³/mol. The first-order valence-corrected chi connectivity index (χ1v) is 23.5. The van der Waals surface area contributed by atoms with E-state index in [9.17, 15) is 42.2 Å². The zero-order chi connectivity index (χ0) is 52.9. The Labute approximate surface area is 453 Å². The third-order valence-corrected chi connectivity index (χ3v) is 11.9. The monoisotopic (exact) mass is 1320 g/mol. The molecule has 0 heterocycles. The molecule has 26 heteroatoms. The maximum absolute atomic E-state index is 13.4. The van der Waals surface area contributed by atoms with Gasteiger partial charge in [-0.1, -0.05) is 46.4 Å². The summed E-state index contributed by atoms with van der Waals surface area (Å²) in [6.45, 7) is 0. The van der Waals surface area contributed by atoms with Crippen LogP contribution in [-0.4, -0.2) is 31.2 Å². The standard InChI is InChI=1S/C13H8BrCl2FO2.C13H8BrClFNO4.C13H10BrClFNO2.C6H2BrF2NO2/c1-18-13-4-7(15)2-3-11(13)19-12-5-8(14)10(17)6-9(12)16;1-20-13-4-7(15)2-3-11(13)21-12-5-8(14)9(16)6-10(12)17(18)19;1-18-13-4-7(15)2-3-11(13)19-12-5-8(14)9(16)6-10(12)17;7-3-1-5(9)6(10(11)12)2-4(3)8/h2-6H,1H3;2-6H,1H3;2-6H,17H2,1H3;1-2H. The topological polar surface area (TPSA) is 168 Å². The van der Waals surface area contributed by atoms with Gasteiger partial charge in [0.05, 0.1) is 71.9 Å². The van der Waals surface area contributed by atoms with Gasteiger partial charge in [0.15, 0.2) is 40.2 Å². The molecule has 7 aromatic rings. The van der Waals surface area contributed by atoms with Crippen LogP contribution in [0.15, 0.2) is 121 Å². The van der Waals surface area contributed by atoms with Crippen LogP contribution >= 0.6 is 110 Å². The number of nitro benzene ring substituents is 2. The van der Waals surface area contributed by atoms with Crippen LogP contribution in [0.2, 0.25) is 20.1 Å². The Balaban J connectivity index is 0.000000209. The summed E-state index contributed by atoms with van der Waals surface area (Å²) in [6, 6.07) is 22.9. The first-order chi connectivity index (χ1) is 33.5. The Morgan fingerprint density at radius 1 is 0.423 bits per heavy atom. The summed E-state index contributed by atoms with van der Waals surface area (Å²) in [5, 5.41) is 22.7. The van der Waals surface area contributed by atoms with Gasteiger partial charge in [-0.3, -0.25) is 20.2 Å². The molecule has 374 valence electrons. The van der Waals surface area contributed by atoms with E-state index < -0.39 is 50.3 Å². The number of halogens is 13. The highest BCUT2D eigenvalue weighted by molar-refractivity contribution is 9.11. The van der Waals surface area contributed by atoms with Crippen LogP contribution < -0.4 is 34.2 Å². The average Bonchev–Trinajstić information content (AvgIpc) is 3.31. The minimum absolute atomic E-state index is 0.0519. The van der Waals surface area contributed by atoms with E-state index in [0.717, 1.165) is 6.07 Å². The van der Waals surface area contributed by atoms with E-state index in [0.29, 0.717) is 67.4 Å². The molecule has 0 spiro atoms. The summed E-state index contributed by atoms with van der Waals surface area (Å²) in [4.78, 5) is 19.3. The first kappa shape index (κ1) is 58.2. The third-order valence-electron chi connectivity index (χ3n) is 8.45. The summed E-state index contributed by atoms with van der Waals surface area (Å²) in [5.41, 5.74) is 4.54. The van der Waals surface area contributed by atoms with E-state index in [-0.39, 0.29) is 40.1 Å². The predicted octanol–water partition coefficient (Wildman–Crippen LogP) is 17.9. The van der Waals surface area contributed by atoms with Crippen molar-refractivity contribution in [2.75, 3.05) is 27.1 Å². The maximum atomic E-state index is 13.4. The van der Waals surface area contributed by atoms with E-state index in [4.69, 9.17) is 80.6 Å². The SMILES string of the molecule is COc1cc(Cl)ccc1Oc1cc(Br)c(F)cc1Cl.COc1cc(Cl)ccc1Oc1cc(Br)c(F)cc1N.COc1cc(Cl)ccc1Oc1cc(Br)c(F)cc1[N+](=O)[O-].O=[N+]([O-])c1cc(F)c(Br)cc1F. The minimum Gasteiger partial charge on any atom is -0.493 e. The molecule has 7 aromatic carbocycles. The van der Waals surface area contributed by atoms with Crippen molar-refractivity contribution < 1.29 is 60.2 Å². The van der Waals surface area contributed by atoms with Crippen molar-refractivity contribution in [1.29, 1.82) is 0 Å². The second-order valence-corrected chi connectivity index (χ2v) is 18.3. The number of hydrogen-bond acceptors (Lipinski definition) is 11. The van der Waals surface area contributed by atoms with E-state index in [2.05, 4.69) is 63.7 Å². The molecule has 0 atom stereocenters. The molecule has 13 nitrogen and oxygen atoms in total. The van der Waals surface area contributed by atoms with Crippen LogP contribution in [0.5, 0.6) is 51.7 Å². The number of methoxy groups -OCH3 is 3. The fourth-order valence-electron chi connectivity index (χ4n) is 5.14. The normalized spacial score (nSPS) is 10.3. The van der Waals surface area contributed by atoms with Gasteiger partial charge in [-0.05, 0) is 118 Å². The number of rotatable bonds is 11. The Morgan fingerprint density at radius 3 is 1.18 bits per heavy atom. The molecule has 0 unspecified atom stereocenters. The van der Waals surface area contributed by atoms with Crippen LogP contribution in [0.1, 0.15) is 0 Å². The maximum Gasteiger partial charge on any atom is 0.314 e. The Kier molecular flexibility index (Phi) is 22.1. The van der Waals surface area contributed by atoms with Gasteiger partial charge in [0.2, 0.25) is 11.6 Å². The molecule has 71 heavy (non-hydrogen) atoms. The number of benzene rings is 7. The van der Waals surface area contributed by atoms with Gasteiger partial charge in [0.1, 0.15) is 29.0 Å². The summed E-state index contributed by atoms with van der Waals surface area (Å²) in [6.07, 6.45) is 0. The summed E-state index contributed by atoms with van der Waals surface area (Å²) >= 11 is 35.3. The molecule has 0 saturated carbocycles. The summed E-state index contributed by atoms with van der Waals surface area (Å²) in [7, 11) is 4.41. The van der Waals surface area contributed by atoms with Gasteiger partial charge >= 0.3 is 11.4 Å². The van der Waals surface area contributed by atoms with Crippen LogP contribution in [0.3, 0.4) is 0 Å². The van der Waals surface area contributed by atoms with Crippen LogP contribution in [0.25, 0.3) is 0 Å². The molecule has 0 aliphatic rings. The lowest BCUT2D eigenvalue weighted by molar-refractivity contribution is -0.387. The van der Waals surface area contributed by atoms with Gasteiger partial charge in [0, 0.05) is 51.5 Å². The molecular formula is C45H28Br4Cl4F5N3O10. The van der Waals surface area contributed by atoms with Crippen molar-refractivity contribution in [3.63, 3.8) is 0 Å². The number of nitro groups is 2. The van der Waals surface area contributed by atoms with Crippen molar-refractivity contribution in [2.45, 2.75) is 0 Å². The fourth-order valence-corrected chi connectivity index (χ4v) is 7.10. The third kappa shape index (κ3) is 16.6. The average molecular weight is 1330 g/mol. The Hall–Kier alpha value is -5.33. The second kappa shape index (κ2) is 26.9. The van der Waals surface area contributed by atoms with Crippen molar-refractivity contribution in [3.8, 4) is 51.7 Å². The van der Waals surface area contributed by atoms with Crippen LogP contribution in [-0.2, 0) is 0 Å². The van der Waals surface area contributed by atoms with Gasteiger partial charge in [-0.25, -0.2) is 17.6 Å². The summed E-state index contributed by atoms with van der Waals surface area (Å²) in [5.74, 6) is -0.721. The fraction of sp³-hybridized carbons (Fsp3) is 0.0667. The number of anilines is 1. The molecule has 0 radical (unpaired) electrons. The van der Waals surface area contributed by atoms with Crippen molar-refractivity contribution >= 4 is 127 Å². The Morgan fingerprint density at radius 2 is 0.761 bits per heavy atom. The molecule has 2 N–H and O–H groups in total. The highest BCUT2D eigenvalue weighted by Crippen LogP contribution is 2.42. The number of hydrogen-bond donors (Lipinski definition) is 1. The van der Waals surface area contributed by atoms with E-state index in [1.54, 1.807) is 42.5 Å². The first-order valence-electron chi connectivity index (χ1n) is 18.8. The second-order valence-electron chi connectivity index (χ2n) is 13.2. The number of nitrogens with two attached hydrogens (primary N) is 1. The van der Waals surface area contributed by atoms with Gasteiger partial charge < -0.3 is 34.2 Å². The zero-order valence-corrected chi connectivity index (χ0v) is 45.2. The van der Waals surface area contributed by atoms with Crippen LogP contribution in [0.4, 0.5) is 39.0 Å². The van der Waals surface area contributed by atoms with Gasteiger partial charge in [-0.15, -0.1) is 0 Å². The zero-order valence-electron chi connectivity index (χ0n) is 35.8. The highest BCUT2D eigenvalue weighted by Gasteiger charge is 2.22. The largest absolute Gasteiger partial charge is 0.493 e. The molecular weight excluding hydrogens is 1300 g/mol.